The molecule has 0 saturated carbocycles. The highest BCUT2D eigenvalue weighted by Gasteiger charge is 2.41. The van der Waals surface area contributed by atoms with Crippen LogP contribution >= 0.6 is 11.8 Å². The summed E-state index contributed by atoms with van der Waals surface area (Å²) >= 11 is 0.615. The van der Waals surface area contributed by atoms with E-state index in [2.05, 4.69) is 10.2 Å². The second-order valence-corrected chi connectivity index (χ2v) is 10.8. The fourth-order valence-electron chi connectivity index (χ4n) is 3.62. The average molecular weight is 589 g/mol. The summed E-state index contributed by atoms with van der Waals surface area (Å²) < 4.78 is 38.7. The second kappa shape index (κ2) is 14.2. The molecule has 0 unspecified atom stereocenters. The van der Waals surface area contributed by atoms with Crippen molar-refractivity contribution in [3.05, 3.63) is 44.3 Å². The van der Waals surface area contributed by atoms with Gasteiger partial charge in [0.15, 0.2) is 36.3 Å². The average Bonchev–Trinajstić information content (AvgIpc) is 3.40. The van der Waals surface area contributed by atoms with Crippen molar-refractivity contribution in [1.82, 2.24) is 10.2 Å². The van der Waals surface area contributed by atoms with Crippen LogP contribution < -0.4 is 17.0 Å². The Morgan fingerprint density at radius 3 is 2.05 bits per heavy atom. The van der Waals surface area contributed by atoms with E-state index in [1.54, 1.807) is 0 Å². The van der Waals surface area contributed by atoms with Crippen LogP contribution in [0.5, 0.6) is 0 Å². The number of morpholine rings is 1. The minimum absolute atomic E-state index is 0.000735. The van der Waals surface area contributed by atoms with Crippen molar-refractivity contribution in [2.24, 2.45) is 0 Å². The summed E-state index contributed by atoms with van der Waals surface area (Å²) in [5.74, 6) is -2.34. The molecule has 1 aliphatic rings. The Hall–Kier alpha value is -3.50. The first kappa shape index (κ1) is 31.0. The molecule has 0 spiro atoms. The normalized spacial score (nSPS) is 14.9. The molecule has 1 amide bonds. The van der Waals surface area contributed by atoms with E-state index in [4.69, 9.17) is 36.6 Å². The zero-order valence-corrected chi connectivity index (χ0v) is 23.4. The molecular formula is C24H32N2O13S. The van der Waals surface area contributed by atoms with Crippen LogP contribution in [0.25, 0.3) is 0 Å². The predicted octanol–water partition coefficient (Wildman–Crippen LogP) is 2.10. The smallest absolute Gasteiger partial charge is 0.464 e. The highest BCUT2D eigenvalue weighted by molar-refractivity contribution is 8.14. The van der Waals surface area contributed by atoms with Gasteiger partial charge in [-0.2, -0.15) is 0 Å². The van der Waals surface area contributed by atoms with Gasteiger partial charge in [-0.3, -0.25) is 4.90 Å². The molecule has 0 aromatic carbocycles. The lowest BCUT2D eigenvalue weighted by Gasteiger charge is -2.31. The number of carbonyl (C=O) groups is 3. The lowest BCUT2D eigenvalue weighted by Crippen LogP contribution is -2.53. The summed E-state index contributed by atoms with van der Waals surface area (Å²) in [5, 5.41) is 1.60. The molecule has 3 heterocycles. The zero-order chi connectivity index (χ0) is 29.3. The third-order valence-corrected chi connectivity index (χ3v) is 6.88. The highest BCUT2D eigenvalue weighted by atomic mass is 32.2. The van der Waals surface area contributed by atoms with Gasteiger partial charge in [0.25, 0.3) is 0 Å². The topological polar surface area (TPSA) is 190 Å². The number of thioether (sulfide) groups is 1. The van der Waals surface area contributed by atoms with Crippen LogP contribution in [0.15, 0.2) is 27.3 Å². The molecule has 16 heteroatoms. The standard InChI is InChI=1S/C24H32N2O13S/c1-14-16(38-21(29)36-14)12-34-20(28)25-18(19(27)33-9-5-6-26-7-10-32-11-8-26)24(3,4)40-23(31)35-13-17-15(2)37-22(30)39-17/h18H,5-13H2,1-4H3,(H,25,28)/t18-/m0/s1. The van der Waals surface area contributed by atoms with E-state index < -0.39 is 46.4 Å². The van der Waals surface area contributed by atoms with E-state index in [0.717, 1.165) is 13.1 Å². The number of hydrogen-bond acceptors (Lipinski definition) is 15. The lowest BCUT2D eigenvalue weighted by atomic mass is 10.0. The Labute approximate surface area is 232 Å². The van der Waals surface area contributed by atoms with Crippen molar-refractivity contribution in [3.63, 3.8) is 0 Å². The number of hydrogen-bond donors (Lipinski definition) is 1. The minimum Gasteiger partial charge on any atom is -0.464 e. The number of esters is 1. The van der Waals surface area contributed by atoms with Crippen LogP contribution in [0.1, 0.15) is 43.3 Å². The van der Waals surface area contributed by atoms with Gasteiger partial charge < -0.3 is 41.9 Å². The molecule has 15 nitrogen and oxygen atoms in total. The van der Waals surface area contributed by atoms with Crippen molar-refractivity contribution in [2.75, 3.05) is 39.5 Å². The molecule has 0 radical (unpaired) electrons. The van der Waals surface area contributed by atoms with Crippen molar-refractivity contribution in [1.29, 1.82) is 0 Å². The van der Waals surface area contributed by atoms with Gasteiger partial charge in [0.2, 0.25) is 0 Å². The largest absolute Gasteiger partial charge is 0.519 e. The van der Waals surface area contributed by atoms with Gasteiger partial charge in [-0.25, -0.2) is 24.0 Å². The van der Waals surface area contributed by atoms with Crippen LogP contribution in [0.3, 0.4) is 0 Å². The Balaban J connectivity index is 1.60. The summed E-state index contributed by atoms with van der Waals surface area (Å²) in [4.78, 5) is 62.8. The number of carbonyl (C=O) groups excluding carboxylic acids is 3. The van der Waals surface area contributed by atoms with Gasteiger partial charge in [-0.05, 0) is 45.9 Å². The molecule has 0 aliphatic carbocycles. The quantitative estimate of drug-likeness (QED) is 0.215. The maximum Gasteiger partial charge on any atom is 0.519 e. The zero-order valence-electron chi connectivity index (χ0n) is 22.6. The second-order valence-electron chi connectivity index (χ2n) is 9.24. The molecule has 1 N–H and O–H groups in total. The molecule has 222 valence electrons. The van der Waals surface area contributed by atoms with Crippen molar-refractivity contribution in [3.8, 4) is 0 Å². The monoisotopic (exact) mass is 588 g/mol. The number of nitrogens with zero attached hydrogens (tertiary/aromatic N) is 1. The Morgan fingerprint density at radius 1 is 0.925 bits per heavy atom. The predicted molar refractivity (Wildman–Crippen MR) is 136 cm³/mol. The molecular weight excluding hydrogens is 556 g/mol. The summed E-state index contributed by atoms with van der Waals surface area (Å²) in [7, 11) is 0. The van der Waals surface area contributed by atoms with Gasteiger partial charge in [-0.1, -0.05) is 0 Å². The number of amides is 1. The van der Waals surface area contributed by atoms with E-state index in [-0.39, 0.29) is 36.3 Å². The van der Waals surface area contributed by atoms with E-state index in [1.807, 2.05) is 0 Å². The highest BCUT2D eigenvalue weighted by Crippen LogP contribution is 2.31. The lowest BCUT2D eigenvalue weighted by molar-refractivity contribution is -0.147. The SMILES string of the molecule is Cc1oc(=O)oc1COC(=O)N[C@@H](C(=O)OCCCN1CCOCC1)C(C)(C)SC(=O)OCc1oc(=O)oc1C. The van der Waals surface area contributed by atoms with E-state index >= 15 is 0 Å². The summed E-state index contributed by atoms with van der Waals surface area (Å²) in [6.07, 6.45) is -0.483. The minimum atomic E-state index is -1.35. The van der Waals surface area contributed by atoms with Crippen molar-refractivity contribution >= 4 is 29.1 Å². The molecule has 40 heavy (non-hydrogen) atoms. The molecule has 3 rings (SSSR count). The molecule has 2 aromatic rings. The van der Waals surface area contributed by atoms with Gasteiger partial charge in [0.1, 0.15) is 6.04 Å². The molecule has 1 fully saturated rings. The first-order valence-corrected chi connectivity index (χ1v) is 13.2. The molecule has 1 atom stereocenters. The molecule has 0 bridgehead atoms. The maximum atomic E-state index is 13.1. The number of rotatable bonds is 12. The van der Waals surface area contributed by atoms with E-state index in [9.17, 15) is 24.0 Å². The van der Waals surface area contributed by atoms with Crippen molar-refractivity contribution < 1.29 is 51.0 Å². The summed E-state index contributed by atoms with van der Waals surface area (Å²) in [5.41, 5.74) is 0. The Bertz CT molecular complexity index is 1270. The molecule has 1 saturated heterocycles. The third kappa shape index (κ3) is 9.31. The van der Waals surface area contributed by atoms with Crippen molar-refractivity contribution in [2.45, 2.75) is 58.1 Å². The fourth-order valence-corrected chi connectivity index (χ4v) is 4.44. The molecule has 1 aliphatic heterocycles. The van der Waals surface area contributed by atoms with Gasteiger partial charge >= 0.3 is 29.0 Å². The van der Waals surface area contributed by atoms with Crippen LogP contribution in [0.2, 0.25) is 0 Å². The number of ether oxygens (including phenoxy) is 4. The molecule has 2 aromatic heterocycles. The van der Waals surface area contributed by atoms with Crippen LogP contribution in [0, 0.1) is 13.8 Å². The van der Waals surface area contributed by atoms with Crippen LogP contribution in [-0.4, -0.2) is 72.5 Å². The Kier molecular flexibility index (Phi) is 11.0. The first-order chi connectivity index (χ1) is 18.9. The van der Waals surface area contributed by atoms with E-state index in [1.165, 1.54) is 27.7 Å². The third-order valence-electron chi connectivity index (χ3n) is 5.83. The van der Waals surface area contributed by atoms with Gasteiger partial charge in [0.05, 0.1) is 24.6 Å². The Morgan fingerprint density at radius 2 is 1.50 bits per heavy atom. The van der Waals surface area contributed by atoms with E-state index in [0.29, 0.717) is 37.9 Å². The number of alkyl carbamates (subject to hydrolysis) is 1. The van der Waals surface area contributed by atoms with Crippen LogP contribution in [0.4, 0.5) is 9.59 Å². The van der Waals surface area contributed by atoms with Gasteiger partial charge in [-0.15, -0.1) is 0 Å². The number of aryl methyl sites for hydroxylation is 2. The fraction of sp³-hybridized carbons (Fsp3) is 0.625. The van der Waals surface area contributed by atoms with Gasteiger partial charge in [0, 0.05) is 19.6 Å². The number of nitrogens with one attached hydrogen (secondary N) is 1. The summed E-state index contributed by atoms with van der Waals surface area (Å²) in [6, 6.07) is -1.35. The first-order valence-electron chi connectivity index (χ1n) is 12.4. The van der Waals surface area contributed by atoms with Crippen LogP contribution in [-0.2, 0) is 37.0 Å². The summed E-state index contributed by atoms with van der Waals surface area (Å²) in [6.45, 7) is 8.81. The maximum absolute atomic E-state index is 13.1.